The molecule has 0 bridgehead atoms. The second-order valence-electron chi connectivity index (χ2n) is 14.8. The number of nitrogen functional groups attached to an aromatic ring is 3. The number of anilines is 5. The average Bonchev–Trinajstić information content (AvgIpc) is 3.29. The first-order chi connectivity index (χ1) is 33.9. The molecule has 0 aliphatic rings. The number of benzene rings is 6. The third-order valence-corrected chi connectivity index (χ3v) is 11.4. The smallest absolute Gasteiger partial charge is 0.548 e. The van der Waals surface area contributed by atoms with Gasteiger partial charge in [0.25, 0.3) is 20.2 Å². The Kier molecular flexibility index (Phi) is 25.2. The van der Waals surface area contributed by atoms with Crippen LogP contribution in [0.1, 0.15) is 0 Å². The first-order valence-electron chi connectivity index (χ1n) is 19.9. The van der Waals surface area contributed by atoms with E-state index < -0.39 is 114 Å². The molecule has 0 fully saturated rings. The van der Waals surface area contributed by atoms with Crippen molar-refractivity contribution in [3.8, 4) is 5.75 Å². The fourth-order valence-corrected chi connectivity index (χ4v) is 7.80. The van der Waals surface area contributed by atoms with E-state index >= 15 is 0 Å². The first-order valence-corrected chi connectivity index (χ1v) is 22.8. The summed E-state index contributed by atoms with van der Waals surface area (Å²) in [5.41, 5.74) is 17.2. The van der Waals surface area contributed by atoms with Crippen LogP contribution in [-0.2, 0) is 39.4 Å². The molecule has 0 atom stereocenters. The van der Waals surface area contributed by atoms with Gasteiger partial charge in [-0.25, -0.2) is 0 Å². The van der Waals surface area contributed by atoms with E-state index in [1.54, 1.807) is 0 Å². The van der Waals surface area contributed by atoms with Gasteiger partial charge in [-0.2, -0.15) is 37.3 Å². The molecule has 76 heavy (non-hydrogen) atoms. The van der Waals surface area contributed by atoms with Crippen molar-refractivity contribution in [2.45, 2.75) is 9.79 Å². The van der Waals surface area contributed by atoms with Crippen LogP contribution in [0.3, 0.4) is 0 Å². The predicted octanol–water partition coefficient (Wildman–Crippen LogP) is -9.92. The number of carbonyl (C=O) groups excluding carboxylic acids is 4. The molecule has 28 nitrogen and oxygen atoms in total. The van der Waals surface area contributed by atoms with Gasteiger partial charge < -0.3 is 71.7 Å². The molecule has 0 spiro atoms. The fraction of sp³-hybridized carbons (Fsp3) is 0.0952. The zero-order chi connectivity index (χ0) is 52.7. The number of hydrogen-bond donors (Lipinski definition) is 6. The summed E-state index contributed by atoms with van der Waals surface area (Å²) in [7, 11) is -10.4. The summed E-state index contributed by atoms with van der Waals surface area (Å²) < 4.78 is 70.6. The van der Waals surface area contributed by atoms with Crippen molar-refractivity contribution in [2.75, 3.05) is 53.2 Å². The van der Waals surface area contributed by atoms with Crippen LogP contribution in [0.25, 0.3) is 10.8 Å². The summed E-state index contributed by atoms with van der Waals surface area (Å²) >= 11 is 0. The molecule has 0 unspecified atom stereocenters. The molecular weight excluding hydrogens is 1080 g/mol. The number of carboxylic acids is 4. The van der Waals surface area contributed by atoms with Crippen molar-refractivity contribution < 1.29 is 189 Å². The van der Waals surface area contributed by atoms with Crippen molar-refractivity contribution in [1.29, 1.82) is 0 Å². The molecule has 0 radical (unpaired) electrons. The van der Waals surface area contributed by atoms with Crippen molar-refractivity contribution in [3.05, 3.63) is 97.1 Å². The van der Waals surface area contributed by atoms with Crippen molar-refractivity contribution >= 4 is 129 Å². The monoisotopic (exact) mass is 1120 g/mol. The number of rotatable bonds is 20. The molecule has 6 aromatic carbocycles. The van der Waals surface area contributed by atoms with E-state index in [0.717, 1.165) is 21.9 Å². The second-order valence-corrected chi connectivity index (χ2v) is 17.6. The maximum Gasteiger partial charge on any atom is 1.00 e. The van der Waals surface area contributed by atoms with Crippen molar-refractivity contribution in [1.82, 2.24) is 0 Å². The molecule has 9 N–H and O–H groups in total. The molecule has 372 valence electrons. The number of hydrogen-bond acceptors (Lipinski definition) is 26. The Hall–Kier alpha value is -5.52. The quantitative estimate of drug-likeness (QED) is 0.0179. The predicted molar refractivity (Wildman–Crippen MR) is 245 cm³/mol. The topological polar surface area (TPSA) is 473 Å². The van der Waals surface area contributed by atoms with E-state index in [4.69, 9.17) is 17.2 Å². The zero-order valence-corrected chi connectivity index (χ0v) is 50.0. The van der Waals surface area contributed by atoms with Crippen molar-refractivity contribution in [3.63, 3.8) is 0 Å². The van der Waals surface area contributed by atoms with Crippen LogP contribution in [0.15, 0.2) is 148 Å². The maximum atomic E-state index is 12.6. The van der Waals surface area contributed by atoms with E-state index in [0.29, 0.717) is 0 Å². The van der Waals surface area contributed by atoms with Crippen LogP contribution < -0.4 is 166 Å². The number of carboxylic acid groups (broad SMARTS) is 4. The summed E-state index contributed by atoms with van der Waals surface area (Å²) in [5, 5.41) is 86.8. The van der Waals surface area contributed by atoms with Gasteiger partial charge in [-0.3, -0.25) is 9.11 Å². The minimum Gasteiger partial charge on any atom is -0.548 e. The molecular formula is C42H33N13Na4O15S2. The summed E-state index contributed by atoms with van der Waals surface area (Å²) in [6, 6.07) is 20.4. The van der Waals surface area contributed by atoms with Crippen LogP contribution in [0.4, 0.5) is 73.9 Å². The van der Waals surface area contributed by atoms with Gasteiger partial charge in [0, 0.05) is 11.4 Å². The number of azo groups is 4. The Bertz CT molecular complexity index is 3270. The number of fused-ring (bicyclic) bond motifs is 1. The number of phenols is 1. The molecule has 0 heterocycles. The van der Waals surface area contributed by atoms with Gasteiger partial charge >= 0.3 is 118 Å². The van der Waals surface area contributed by atoms with E-state index in [1.165, 1.54) is 84.9 Å². The van der Waals surface area contributed by atoms with E-state index in [9.17, 15) is 70.7 Å². The number of carbonyl (C=O) groups is 4. The molecule has 0 aliphatic carbocycles. The molecule has 0 aromatic heterocycles. The molecule has 34 heteroatoms. The van der Waals surface area contributed by atoms with Crippen LogP contribution in [-0.4, -0.2) is 81.1 Å². The van der Waals surface area contributed by atoms with E-state index in [-0.39, 0.29) is 175 Å². The number of aromatic hydroxyl groups is 1. The molecule has 0 amide bonds. The maximum absolute atomic E-state index is 12.6. The van der Waals surface area contributed by atoms with Gasteiger partial charge in [0.2, 0.25) is 0 Å². The second kappa shape index (κ2) is 28.7. The molecule has 6 aromatic rings. The molecule has 0 aliphatic heterocycles. The standard InChI is InChI=1S/C42H37N13O15S2.4Na/c43-28-15-26(54(17-34(56)57)18-35(58)59)9-11-30(28)50-46-22-1-5-24(6-2-22)48-52-40-32(71(65,66)67)13-21-14-33(72(68,69)70)41(42(64)38(21)39(40)45)53-49-25-7-3-23(4-8-25)47-51-31-12-10-27(16-29(31)44)55(19-36(60)61)20-37(62)63;;;;/h1-16,64H,17-20,43-45H2,(H,56,57)(H,58,59)(H,60,61)(H,62,63)(H,65,66,67)(H,68,69,70);;;;/q;4*+1/p-4. The minimum absolute atomic E-state index is 0. The van der Waals surface area contributed by atoms with Crippen molar-refractivity contribution in [2.24, 2.45) is 40.9 Å². The Morgan fingerprint density at radius 3 is 1.07 bits per heavy atom. The number of nitrogens with zero attached hydrogens (tertiary/aromatic N) is 10. The van der Waals surface area contributed by atoms with Gasteiger partial charge in [-0.15, -0.1) is 20.5 Å². The first kappa shape index (κ1) is 66.6. The van der Waals surface area contributed by atoms with E-state index in [1.807, 2.05) is 0 Å². The van der Waals surface area contributed by atoms with Gasteiger partial charge in [-0.1, -0.05) is 0 Å². The summed E-state index contributed by atoms with van der Waals surface area (Å²) in [6.07, 6.45) is 0. The fourth-order valence-electron chi connectivity index (χ4n) is 6.47. The van der Waals surface area contributed by atoms with Gasteiger partial charge in [0.15, 0.2) is 5.75 Å². The zero-order valence-electron chi connectivity index (χ0n) is 40.3. The Morgan fingerprint density at radius 1 is 0.461 bits per heavy atom. The summed E-state index contributed by atoms with van der Waals surface area (Å²) in [6.45, 7) is -3.03. The van der Waals surface area contributed by atoms with Crippen LogP contribution in [0.5, 0.6) is 5.75 Å². The van der Waals surface area contributed by atoms with Crippen LogP contribution in [0, 0.1) is 0 Å². The normalized spacial score (nSPS) is 11.4. The minimum atomic E-state index is -5.24. The van der Waals surface area contributed by atoms with E-state index in [2.05, 4.69) is 40.9 Å². The summed E-state index contributed by atoms with van der Waals surface area (Å²) in [5.74, 6) is -7.19. The van der Waals surface area contributed by atoms with Gasteiger partial charge in [-0.05, 0) is 102 Å². The molecule has 6 rings (SSSR count). The molecule has 0 saturated heterocycles. The Labute approximate surface area is 518 Å². The van der Waals surface area contributed by atoms with Crippen LogP contribution >= 0.6 is 0 Å². The largest absolute Gasteiger partial charge is 1.00 e. The number of nitrogens with two attached hydrogens (primary N) is 3. The Balaban J connectivity index is 0.00000494. The van der Waals surface area contributed by atoms with Crippen LogP contribution in [0.2, 0.25) is 0 Å². The Morgan fingerprint density at radius 2 is 0.763 bits per heavy atom. The molecule has 0 saturated carbocycles. The van der Waals surface area contributed by atoms with Gasteiger partial charge in [0.1, 0.15) is 32.5 Å². The number of phenolic OH excluding ortho intramolecular Hbond substituents is 1. The summed E-state index contributed by atoms with van der Waals surface area (Å²) in [4.78, 5) is 44.2. The number of aliphatic carboxylic acids is 4. The SMILES string of the molecule is Nc1cc(N(CC(=O)[O-])CC(=O)[O-])ccc1N=Nc1ccc(N=Nc2c(S(=O)(=O)O)cc3cc(S(=O)(=O)O)c(N=Nc4ccc(N=Nc5ccc(N(CC(=O)[O-])CC(=O)[O-])cc5N)cc4)c(O)c3c2N)cc1.[Na+].[Na+].[Na+].[Na+]. The third-order valence-electron chi connectivity index (χ3n) is 9.68. The average molecular weight is 1120 g/mol. The van der Waals surface area contributed by atoms with Gasteiger partial charge in [0.05, 0.1) is 95.3 Å². The third kappa shape index (κ3) is 17.8.